The van der Waals surface area contributed by atoms with E-state index in [1.807, 2.05) is 16.3 Å². The maximum atomic E-state index is 12.4. The van der Waals surface area contributed by atoms with Crippen LogP contribution in [0, 0.1) is 0 Å². The first-order chi connectivity index (χ1) is 10.2. The fraction of sp³-hybridized carbons (Fsp3) is 0.600. The molecule has 0 unspecified atom stereocenters. The molecule has 0 bridgehead atoms. The molecule has 2 rings (SSSR count). The number of carbonyl (C=O) groups is 2. The average molecular weight is 309 g/mol. The van der Waals surface area contributed by atoms with Crippen LogP contribution in [0.15, 0.2) is 17.5 Å². The van der Waals surface area contributed by atoms with Crippen LogP contribution in [0.25, 0.3) is 0 Å². The van der Waals surface area contributed by atoms with Crippen LogP contribution in [0.5, 0.6) is 0 Å². The summed E-state index contributed by atoms with van der Waals surface area (Å²) >= 11 is 1.38. The van der Waals surface area contributed by atoms with Crippen molar-refractivity contribution < 1.29 is 9.59 Å². The monoisotopic (exact) mass is 309 g/mol. The van der Waals surface area contributed by atoms with Crippen LogP contribution in [0.2, 0.25) is 0 Å². The molecule has 0 aromatic carbocycles. The van der Waals surface area contributed by atoms with E-state index >= 15 is 0 Å². The first kappa shape index (κ1) is 16.0. The minimum absolute atomic E-state index is 0.0219. The lowest BCUT2D eigenvalue weighted by molar-refractivity contribution is -0.133. The van der Waals surface area contributed by atoms with Gasteiger partial charge in [-0.15, -0.1) is 11.3 Å². The van der Waals surface area contributed by atoms with Crippen LogP contribution in [0.3, 0.4) is 0 Å². The summed E-state index contributed by atoms with van der Waals surface area (Å²) < 4.78 is 0. The lowest BCUT2D eigenvalue weighted by Gasteiger charge is -2.34. The number of amides is 2. The minimum Gasteiger partial charge on any atom is -0.342 e. The second kappa shape index (κ2) is 8.14. The van der Waals surface area contributed by atoms with Gasteiger partial charge in [-0.2, -0.15) is 0 Å². The van der Waals surface area contributed by atoms with Crippen molar-refractivity contribution in [2.45, 2.75) is 32.2 Å². The Morgan fingerprint density at radius 1 is 1.43 bits per heavy atom. The molecule has 6 heteroatoms. The van der Waals surface area contributed by atoms with Crippen LogP contribution in [-0.2, 0) is 4.79 Å². The Bertz CT molecular complexity index is 455. The van der Waals surface area contributed by atoms with Gasteiger partial charge in [0.25, 0.3) is 5.91 Å². The van der Waals surface area contributed by atoms with E-state index in [1.165, 1.54) is 11.3 Å². The van der Waals surface area contributed by atoms with Crippen molar-refractivity contribution in [3.63, 3.8) is 0 Å². The first-order valence-corrected chi connectivity index (χ1v) is 8.42. The average Bonchev–Trinajstić information content (AvgIpc) is 3.05. The molecule has 2 N–H and O–H groups in total. The van der Waals surface area contributed by atoms with Gasteiger partial charge in [-0.1, -0.05) is 13.0 Å². The minimum atomic E-state index is -0.167. The van der Waals surface area contributed by atoms with E-state index in [2.05, 4.69) is 17.6 Å². The van der Waals surface area contributed by atoms with Crippen molar-refractivity contribution in [1.29, 1.82) is 0 Å². The smallest absolute Gasteiger partial charge is 0.261 e. The highest BCUT2D eigenvalue weighted by molar-refractivity contribution is 7.12. The molecule has 1 fully saturated rings. The van der Waals surface area contributed by atoms with Crippen molar-refractivity contribution in [3.8, 4) is 0 Å². The Kier molecular flexibility index (Phi) is 6.20. The molecule has 2 heterocycles. The molecule has 0 aliphatic carbocycles. The molecule has 21 heavy (non-hydrogen) atoms. The summed E-state index contributed by atoms with van der Waals surface area (Å²) in [5.41, 5.74) is 0. The zero-order valence-corrected chi connectivity index (χ0v) is 13.2. The molecule has 1 aromatic rings. The van der Waals surface area contributed by atoms with Gasteiger partial charge >= 0.3 is 0 Å². The van der Waals surface area contributed by atoms with E-state index in [4.69, 9.17) is 0 Å². The Hall–Kier alpha value is -1.40. The number of carbonyl (C=O) groups excluding carboxylic acids is 2. The van der Waals surface area contributed by atoms with Gasteiger partial charge in [0.15, 0.2) is 0 Å². The summed E-state index contributed by atoms with van der Waals surface area (Å²) in [5.74, 6) is -0.145. The van der Waals surface area contributed by atoms with Crippen molar-refractivity contribution >= 4 is 23.2 Å². The van der Waals surface area contributed by atoms with Gasteiger partial charge in [-0.3, -0.25) is 9.59 Å². The maximum Gasteiger partial charge on any atom is 0.261 e. The topological polar surface area (TPSA) is 61.4 Å². The van der Waals surface area contributed by atoms with Crippen LogP contribution < -0.4 is 10.6 Å². The normalized spacial score (nSPS) is 15.7. The Morgan fingerprint density at radius 3 is 2.81 bits per heavy atom. The summed E-state index contributed by atoms with van der Waals surface area (Å²) in [7, 11) is 0. The zero-order chi connectivity index (χ0) is 15.1. The molecular formula is C15H23N3O2S. The molecule has 1 aliphatic rings. The molecule has 0 radical (unpaired) electrons. The number of hydrogen-bond donors (Lipinski definition) is 2. The van der Waals surface area contributed by atoms with Crippen molar-refractivity contribution in [2.24, 2.45) is 0 Å². The predicted molar refractivity (Wildman–Crippen MR) is 84.5 cm³/mol. The summed E-state index contributed by atoms with van der Waals surface area (Å²) in [5, 5.41) is 7.90. The third-order valence-electron chi connectivity index (χ3n) is 3.68. The Morgan fingerprint density at radius 2 is 2.19 bits per heavy atom. The molecule has 1 aliphatic heterocycles. The fourth-order valence-electron chi connectivity index (χ4n) is 2.62. The molecule has 0 spiro atoms. The van der Waals surface area contributed by atoms with E-state index in [0.29, 0.717) is 10.9 Å². The van der Waals surface area contributed by atoms with Crippen molar-refractivity contribution in [1.82, 2.24) is 15.5 Å². The van der Waals surface area contributed by atoms with Gasteiger partial charge in [-0.05, 0) is 43.8 Å². The van der Waals surface area contributed by atoms with E-state index in [1.54, 1.807) is 6.07 Å². The molecule has 5 nitrogen and oxygen atoms in total. The Labute approximate surface area is 129 Å². The highest BCUT2D eigenvalue weighted by Crippen LogP contribution is 2.13. The third-order valence-corrected chi connectivity index (χ3v) is 4.55. The summed E-state index contributed by atoms with van der Waals surface area (Å²) in [6, 6.07) is 3.90. The molecular weight excluding hydrogens is 286 g/mol. The van der Waals surface area contributed by atoms with E-state index in [-0.39, 0.29) is 18.4 Å². The quantitative estimate of drug-likeness (QED) is 0.836. The summed E-state index contributed by atoms with van der Waals surface area (Å²) in [6.45, 7) is 4.84. The van der Waals surface area contributed by atoms with Crippen molar-refractivity contribution in [2.75, 3.05) is 26.2 Å². The van der Waals surface area contributed by atoms with Gasteiger partial charge in [0.2, 0.25) is 5.91 Å². The van der Waals surface area contributed by atoms with Gasteiger partial charge < -0.3 is 15.5 Å². The number of hydrogen-bond acceptors (Lipinski definition) is 4. The van der Waals surface area contributed by atoms with Crippen LogP contribution in [0.1, 0.15) is 35.9 Å². The van der Waals surface area contributed by atoms with Crippen LogP contribution in [-0.4, -0.2) is 48.9 Å². The predicted octanol–water partition coefficient (Wildman–Crippen LogP) is 1.47. The molecule has 2 amide bonds. The van der Waals surface area contributed by atoms with Gasteiger partial charge in [0.05, 0.1) is 11.4 Å². The van der Waals surface area contributed by atoms with Gasteiger partial charge in [0, 0.05) is 12.6 Å². The summed E-state index contributed by atoms with van der Waals surface area (Å²) in [6.07, 6.45) is 2.92. The van der Waals surface area contributed by atoms with Gasteiger partial charge in [-0.25, -0.2) is 0 Å². The highest BCUT2D eigenvalue weighted by Gasteiger charge is 2.24. The fourth-order valence-corrected chi connectivity index (χ4v) is 3.26. The maximum absolute atomic E-state index is 12.4. The van der Waals surface area contributed by atoms with Gasteiger partial charge in [0.1, 0.15) is 0 Å². The second-order valence-corrected chi connectivity index (χ2v) is 6.18. The SMILES string of the molecule is CCCN(C(=O)CNC(=O)c1cccs1)C1CCNCC1. The largest absolute Gasteiger partial charge is 0.342 e. The van der Waals surface area contributed by atoms with E-state index in [0.717, 1.165) is 38.9 Å². The first-order valence-electron chi connectivity index (χ1n) is 7.54. The highest BCUT2D eigenvalue weighted by atomic mass is 32.1. The third kappa shape index (κ3) is 4.54. The van der Waals surface area contributed by atoms with Crippen LogP contribution >= 0.6 is 11.3 Å². The number of thiophene rings is 1. The molecule has 116 valence electrons. The lowest BCUT2D eigenvalue weighted by atomic mass is 10.0. The molecule has 0 saturated carbocycles. The Balaban J connectivity index is 1.87. The lowest BCUT2D eigenvalue weighted by Crippen LogP contribution is -2.49. The standard InChI is InChI=1S/C15H23N3O2S/c1-2-9-18(12-5-7-16-8-6-12)14(19)11-17-15(20)13-4-3-10-21-13/h3-4,10,12,16H,2,5-9,11H2,1H3,(H,17,20). The molecule has 1 aromatic heterocycles. The number of piperidine rings is 1. The molecule has 0 atom stereocenters. The summed E-state index contributed by atoms with van der Waals surface area (Å²) in [4.78, 5) is 26.9. The number of nitrogens with zero attached hydrogens (tertiary/aromatic N) is 1. The zero-order valence-electron chi connectivity index (χ0n) is 12.4. The second-order valence-electron chi connectivity index (χ2n) is 5.23. The van der Waals surface area contributed by atoms with Crippen molar-refractivity contribution in [3.05, 3.63) is 22.4 Å². The number of nitrogens with one attached hydrogen (secondary N) is 2. The molecule has 1 saturated heterocycles. The number of rotatable bonds is 6. The van der Waals surface area contributed by atoms with E-state index < -0.39 is 0 Å². The van der Waals surface area contributed by atoms with Crippen LogP contribution in [0.4, 0.5) is 0 Å². The van der Waals surface area contributed by atoms with E-state index in [9.17, 15) is 9.59 Å².